The lowest BCUT2D eigenvalue weighted by Crippen LogP contribution is -2.13. The van der Waals surface area contributed by atoms with E-state index in [1.165, 1.54) is 78.0 Å². The average molecular weight is 397 g/mol. The van der Waals surface area contributed by atoms with E-state index in [-0.39, 0.29) is 0 Å². The zero-order valence-corrected chi connectivity index (χ0v) is 18.7. The Morgan fingerprint density at radius 3 is 2.23 bits per heavy atom. The maximum absolute atomic E-state index is 2.38. The number of fused-ring (bicyclic) bond motifs is 1. The number of rotatable bonds is 7. The van der Waals surface area contributed by atoms with Gasteiger partial charge < -0.3 is 0 Å². The highest BCUT2D eigenvalue weighted by Gasteiger charge is 2.21. The molecule has 0 aliphatic heterocycles. The van der Waals surface area contributed by atoms with Gasteiger partial charge in [-0.1, -0.05) is 80.1 Å². The molecular formula is C30H36. The molecule has 0 radical (unpaired) electrons. The Bertz CT molecular complexity index is 969. The van der Waals surface area contributed by atoms with Gasteiger partial charge in [-0.05, 0) is 103 Å². The Morgan fingerprint density at radius 2 is 1.50 bits per heavy atom. The van der Waals surface area contributed by atoms with E-state index in [9.17, 15) is 0 Å². The minimum atomic E-state index is 0.755. The van der Waals surface area contributed by atoms with Crippen molar-refractivity contribution in [3.05, 3.63) is 83.9 Å². The van der Waals surface area contributed by atoms with Crippen molar-refractivity contribution in [2.45, 2.75) is 71.1 Å². The summed E-state index contributed by atoms with van der Waals surface area (Å²) >= 11 is 0. The minimum Gasteiger partial charge on any atom is -0.0917 e. The van der Waals surface area contributed by atoms with Gasteiger partial charge in [0.15, 0.2) is 0 Å². The first-order chi connectivity index (χ1) is 14.8. The molecule has 156 valence electrons. The third-order valence-electron chi connectivity index (χ3n) is 6.98. The van der Waals surface area contributed by atoms with E-state index in [4.69, 9.17) is 0 Å². The van der Waals surface area contributed by atoms with Crippen molar-refractivity contribution in [1.82, 2.24) is 0 Å². The zero-order chi connectivity index (χ0) is 20.8. The molecule has 3 aromatic rings. The monoisotopic (exact) mass is 396 g/mol. The maximum atomic E-state index is 2.38. The van der Waals surface area contributed by atoms with Crippen LogP contribution in [0.2, 0.25) is 0 Å². The predicted octanol–water partition coefficient (Wildman–Crippen LogP) is 9.09. The highest BCUT2D eigenvalue weighted by atomic mass is 14.3. The van der Waals surface area contributed by atoms with E-state index in [0.717, 1.165) is 18.3 Å². The van der Waals surface area contributed by atoms with Crippen molar-refractivity contribution >= 4 is 10.8 Å². The Morgan fingerprint density at radius 1 is 0.800 bits per heavy atom. The van der Waals surface area contributed by atoms with Gasteiger partial charge in [-0.15, -0.1) is 0 Å². The van der Waals surface area contributed by atoms with E-state index < -0.39 is 0 Å². The molecule has 1 fully saturated rings. The molecular weight excluding hydrogens is 360 g/mol. The molecule has 0 bridgehead atoms. The van der Waals surface area contributed by atoms with Gasteiger partial charge in [0, 0.05) is 0 Å². The smallest absolute Gasteiger partial charge is 0.0162 e. The van der Waals surface area contributed by atoms with E-state index in [0.29, 0.717) is 0 Å². The molecule has 0 atom stereocenters. The van der Waals surface area contributed by atoms with Crippen LogP contribution in [0.1, 0.15) is 75.8 Å². The lowest BCUT2D eigenvalue weighted by Gasteiger charge is -2.28. The summed E-state index contributed by atoms with van der Waals surface area (Å²) in [7, 11) is 0. The first kappa shape index (κ1) is 20.9. The van der Waals surface area contributed by atoms with Crippen molar-refractivity contribution < 1.29 is 0 Å². The fourth-order valence-electron chi connectivity index (χ4n) is 5.15. The average Bonchev–Trinajstić information content (AvgIpc) is 2.80. The second kappa shape index (κ2) is 10.1. The highest BCUT2D eigenvalue weighted by molar-refractivity contribution is 5.87. The quantitative estimate of drug-likeness (QED) is 0.349. The van der Waals surface area contributed by atoms with Gasteiger partial charge in [0.1, 0.15) is 0 Å². The van der Waals surface area contributed by atoms with Crippen molar-refractivity contribution in [1.29, 1.82) is 0 Å². The molecule has 3 aromatic carbocycles. The number of aryl methyl sites for hydroxylation is 1. The van der Waals surface area contributed by atoms with Gasteiger partial charge in [0.2, 0.25) is 0 Å². The van der Waals surface area contributed by atoms with E-state index in [2.05, 4.69) is 86.7 Å². The van der Waals surface area contributed by atoms with Crippen LogP contribution >= 0.6 is 0 Å². The van der Waals surface area contributed by atoms with Crippen LogP contribution in [-0.2, 0) is 6.42 Å². The molecule has 0 heterocycles. The fourth-order valence-corrected chi connectivity index (χ4v) is 5.15. The normalized spacial score (nSPS) is 19.5. The summed E-state index contributed by atoms with van der Waals surface area (Å²) in [5, 5.41) is 2.69. The lowest BCUT2D eigenvalue weighted by molar-refractivity contribution is 0.312. The molecule has 1 aliphatic rings. The zero-order valence-electron chi connectivity index (χ0n) is 18.7. The number of benzene rings is 3. The molecule has 0 spiro atoms. The number of allylic oxidation sites excluding steroid dienone is 2. The molecule has 0 nitrogen and oxygen atoms in total. The highest BCUT2D eigenvalue weighted by Crippen LogP contribution is 2.38. The van der Waals surface area contributed by atoms with E-state index in [1.54, 1.807) is 0 Å². The molecule has 0 unspecified atom stereocenters. The van der Waals surface area contributed by atoms with Gasteiger partial charge in [-0.3, -0.25) is 0 Å². The number of hydrogen-bond donors (Lipinski definition) is 0. The number of hydrogen-bond acceptors (Lipinski definition) is 0. The fraction of sp³-hybridized carbons (Fsp3) is 0.400. The van der Waals surface area contributed by atoms with Crippen molar-refractivity contribution in [3.8, 4) is 11.1 Å². The van der Waals surface area contributed by atoms with Gasteiger partial charge in [-0.25, -0.2) is 0 Å². The van der Waals surface area contributed by atoms with Crippen molar-refractivity contribution in [2.24, 2.45) is 5.92 Å². The van der Waals surface area contributed by atoms with Crippen molar-refractivity contribution in [2.75, 3.05) is 0 Å². The molecule has 4 rings (SSSR count). The second-order valence-corrected chi connectivity index (χ2v) is 9.13. The summed E-state index contributed by atoms with van der Waals surface area (Å²) < 4.78 is 0. The molecule has 0 saturated heterocycles. The van der Waals surface area contributed by atoms with Crippen LogP contribution < -0.4 is 0 Å². The van der Waals surface area contributed by atoms with Gasteiger partial charge >= 0.3 is 0 Å². The van der Waals surface area contributed by atoms with Crippen LogP contribution in [0.4, 0.5) is 0 Å². The van der Waals surface area contributed by atoms with Crippen LogP contribution in [0.5, 0.6) is 0 Å². The minimum absolute atomic E-state index is 0.755. The third kappa shape index (κ3) is 5.04. The summed E-state index contributed by atoms with van der Waals surface area (Å²) in [5.41, 5.74) is 5.64. The van der Waals surface area contributed by atoms with Crippen molar-refractivity contribution in [3.63, 3.8) is 0 Å². The van der Waals surface area contributed by atoms with Crippen LogP contribution in [0.25, 0.3) is 21.9 Å². The third-order valence-corrected chi connectivity index (χ3v) is 6.98. The van der Waals surface area contributed by atoms with Crippen LogP contribution in [0.15, 0.2) is 72.8 Å². The summed E-state index contributed by atoms with van der Waals surface area (Å²) in [5.74, 6) is 1.69. The summed E-state index contributed by atoms with van der Waals surface area (Å²) in [6.07, 6.45) is 15.0. The Hall–Kier alpha value is -2.34. The maximum Gasteiger partial charge on any atom is -0.0162 e. The van der Waals surface area contributed by atoms with Crippen LogP contribution in [0.3, 0.4) is 0 Å². The van der Waals surface area contributed by atoms with Gasteiger partial charge in [0.25, 0.3) is 0 Å². The van der Waals surface area contributed by atoms with Gasteiger partial charge in [-0.2, -0.15) is 0 Å². The van der Waals surface area contributed by atoms with E-state index >= 15 is 0 Å². The Labute approximate surface area is 183 Å². The molecule has 0 N–H and O–H groups in total. The summed E-state index contributed by atoms with van der Waals surface area (Å²) in [6, 6.07) is 23.3. The van der Waals surface area contributed by atoms with Crippen LogP contribution in [-0.4, -0.2) is 0 Å². The lowest BCUT2D eigenvalue weighted by atomic mass is 9.77. The molecule has 0 aromatic heterocycles. The van der Waals surface area contributed by atoms with E-state index in [1.807, 2.05) is 0 Å². The molecule has 0 amide bonds. The molecule has 1 aliphatic carbocycles. The first-order valence-corrected chi connectivity index (χ1v) is 12.0. The first-order valence-electron chi connectivity index (χ1n) is 12.0. The SMILES string of the molecule is C/C=C/CCC1CCC(c2ccc(-c3ccc4cc(CCC)ccc4c3)cc2)CC1. The standard InChI is InChI=1S/C30H36/c1-3-5-6-8-23-9-12-25(13-10-23)26-15-17-27(18-16-26)29-20-19-28-21-24(7-4-2)11-14-30(28)22-29/h3,5,11,14-23,25H,4,6-10,12-13H2,1-2H3/b5-3+. The molecule has 0 heteroatoms. The topological polar surface area (TPSA) is 0 Å². The Balaban J connectivity index is 1.41. The summed E-state index contributed by atoms with van der Waals surface area (Å²) in [4.78, 5) is 0. The molecule has 1 saturated carbocycles. The largest absolute Gasteiger partial charge is 0.0917 e. The summed E-state index contributed by atoms with van der Waals surface area (Å²) in [6.45, 7) is 4.37. The predicted molar refractivity (Wildman–Crippen MR) is 132 cm³/mol. The second-order valence-electron chi connectivity index (χ2n) is 9.13. The molecule has 30 heavy (non-hydrogen) atoms. The van der Waals surface area contributed by atoms with Gasteiger partial charge in [0.05, 0.1) is 0 Å². The van der Waals surface area contributed by atoms with Crippen LogP contribution in [0, 0.1) is 5.92 Å². The Kier molecular flexibility index (Phi) is 7.05.